The highest BCUT2D eigenvalue weighted by molar-refractivity contribution is 7.75. The molecule has 8 rings (SSSR count). The second-order valence-corrected chi connectivity index (χ2v) is 11.4. The lowest BCUT2D eigenvalue weighted by Gasteiger charge is -2.48. The standard InChI is InChI=1S/C24H24N5OP/c1-15-28-14-25-29(15)19-9-5-11-21-23(19)31-22-18(8-4-10-20(22)30-21)27-13-12-26(24(27)31)16-6-2-3-7-17(16)28/h4-5,8-17,24H,2-3,6-7H2,1H3/t15-,16?,17?,24+,31?/m1/s1. The number of ether oxygens (including phenoxy) is 1. The smallest absolute Gasteiger partial charge is 0.137 e. The third-order valence-electron chi connectivity index (χ3n) is 7.88. The number of benzene rings is 2. The maximum Gasteiger partial charge on any atom is 0.137 e. The van der Waals surface area contributed by atoms with Crippen LogP contribution in [-0.4, -0.2) is 40.3 Å². The summed E-state index contributed by atoms with van der Waals surface area (Å²) in [5, 5.41) is 9.93. The molecule has 1 saturated carbocycles. The molecule has 6 nitrogen and oxygen atoms in total. The minimum atomic E-state index is -0.627. The fraction of sp³-hybridized carbons (Fsp3) is 0.375. The molecule has 31 heavy (non-hydrogen) atoms. The van der Waals surface area contributed by atoms with Gasteiger partial charge in [-0.1, -0.05) is 25.0 Å². The summed E-state index contributed by atoms with van der Waals surface area (Å²) < 4.78 is 6.51. The lowest BCUT2D eigenvalue weighted by atomic mass is 9.88. The Morgan fingerprint density at radius 2 is 1.61 bits per heavy atom. The molecule has 0 amide bonds. The molecular formula is C24H24N5OP. The molecule has 0 N–H and O–H groups in total. The monoisotopic (exact) mass is 429 g/mol. The maximum absolute atomic E-state index is 6.51. The molecule has 7 heteroatoms. The van der Waals surface area contributed by atoms with Gasteiger partial charge in [-0.2, -0.15) is 5.10 Å². The zero-order valence-corrected chi connectivity index (χ0v) is 18.3. The molecule has 0 aromatic heterocycles. The Balaban J connectivity index is 1.43. The van der Waals surface area contributed by atoms with Gasteiger partial charge >= 0.3 is 0 Å². The van der Waals surface area contributed by atoms with E-state index in [1.807, 2.05) is 0 Å². The first kappa shape index (κ1) is 16.9. The van der Waals surface area contributed by atoms with Crippen LogP contribution in [0, 0.1) is 0 Å². The summed E-state index contributed by atoms with van der Waals surface area (Å²) in [7, 11) is -0.627. The van der Waals surface area contributed by atoms with Gasteiger partial charge in [0.15, 0.2) is 0 Å². The minimum absolute atomic E-state index is 0.213. The Morgan fingerprint density at radius 3 is 2.42 bits per heavy atom. The third kappa shape index (κ3) is 1.96. The summed E-state index contributed by atoms with van der Waals surface area (Å²) in [6.45, 7) is 2.30. The van der Waals surface area contributed by atoms with Gasteiger partial charge in [-0.3, -0.25) is 0 Å². The van der Waals surface area contributed by atoms with Crippen LogP contribution in [0.3, 0.4) is 0 Å². The molecular weight excluding hydrogens is 405 g/mol. The number of anilines is 2. The molecule has 5 heterocycles. The van der Waals surface area contributed by atoms with E-state index in [2.05, 4.69) is 81.8 Å². The highest BCUT2D eigenvalue weighted by atomic mass is 31.1. The number of hydrogen-bond donors (Lipinski definition) is 0. The largest absolute Gasteiger partial charge is 0.456 e. The van der Waals surface area contributed by atoms with E-state index in [0.29, 0.717) is 18.0 Å². The summed E-state index contributed by atoms with van der Waals surface area (Å²) in [6.07, 6.45) is 12.1. The fourth-order valence-corrected chi connectivity index (χ4v) is 9.79. The molecule has 6 aliphatic rings. The van der Waals surface area contributed by atoms with Crippen LogP contribution in [0.2, 0.25) is 0 Å². The quantitative estimate of drug-likeness (QED) is 0.595. The Morgan fingerprint density at radius 1 is 0.903 bits per heavy atom. The van der Waals surface area contributed by atoms with E-state index in [4.69, 9.17) is 9.84 Å². The van der Waals surface area contributed by atoms with Crippen molar-refractivity contribution < 1.29 is 4.74 Å². The van der Waals surface area contributed by atoms with Crippen molar-refractivity contribution in [2.75, 3.05) is 9.91 Å². The SMILES string of the molecule is C[C@H]1N2N=CN1C1CCCCC1N1C=CN3c4cccc5c4P(c4c(cccc42)O5)[C@H]31. The molecule has 2 bridgehead atoms. The highest BCUT2D eigenvalue weighted by Crippen LogP contribution is 2.62. The molecule has 2 aromatic carbocycles. The van der Waals surface area contributed by atoms with E-state index < -0.39 is 7.92 Å². The molecule has 5 atom stereocenters. The van der Waals surface area contributed by atoms with Gasteiger partial charge < -0.3 is 19.4 Å². The Labute approximate surface area is 183 Å². The second kappa shape index (κ2) is 5.74. The first-order valence-electron chi connectivity index (χ1n) is 11.4. The number of hydrazone groups is 1. The number of nitrogens with zero attached hydrogens (tertiary/aromatic N) is 5. The van der Waals surface area contributed by atoms with E-state index in [1.165, 1.54) is 47.7 Å². The summed E-state index contributed by atoms with van der Waals surface area (Å²) in [5.41, 5.74) is 2.52. The Bertz CT molecular complexity index is 1180. The Hall–Kier alpha value is -2.72. The van der Waals surface area contributed by atoms with Crippen molar-refractivity contribution in [3.63, 3.8) is 0 Å². The molecule has 0 saturated heterocycles. The van der Waals surface area contributed by atoms with E-state index >= 15 is 0 Å². The highest BCUT2D eigenvalue weighted by Gasteiger charge is 2.54. The van der Waals surface area contributed by atoms with Crippen LogP contribution >= 0.6 is 7.92 Å². The number of rotatable bonds is 0. The van der Waals surface area contributed by atoms with Gasteiger partial charge in [-0.05, 0) is 44.0 Å². The number of hydrogen-bond acceptors (Lipinski definition) is 6. The van der Waals surface area contributed by atoms with E-state index in [9.17, 15) is 0 Å². The average Bonchev–Trinajstić information content (AvgIpc) is 3.48. The lowest BCUT2D eigenvalue weighted by Crippen LogP contribution is -2.58. The van der Waals surface area contributed by atoms with E-state index in [1.54, 1.807) is 0 Å². The van der Waals surface area contributed by atoms with Crippen molar-refractivity contribution in [3.05, 3.63) is 48.8 Å². The van der Waals surface area contributed by atoms with Crippen LogP contribution in [-0.2, 0) is 0 Å². The molecule has 5 aliphatic heterocycles. The van der Waals surface area contributed by atoms with Crippen molar-refractivity contribution in [1.82, 2.24) is 9.80 Å². The first-order chi connectivity index (χ1) is 15.3. The van der Waals surface area contributed by atoms with Crippen LogP contribution in [0.25, 0.3) is 0 Å². The van der Waals surface area contributed by atoms with Gasteiger partial charge in [0.05, 0.1) is 34.1 Å². The minimum Gasteiger partial charge on any atom is -0.456 e. The average molecular weight is 429 g/mol. The topological polar surface area (TPSA) is 34.5 Å². The second-order valence-electron chi connectivity index (χ2n) is 9.29. The molecule has 0 spiro atoms. The van der Waals surface area contributed by atoms with Crippen LogP contribution in [0.1, 0.15) is 32.6 Å². The normalized spacial score (nSPS) is 32.9. The van der Waals surface area contributed by atoms with Gasteiger partial charge in [-0.15, -0.1) is 0 Å². The van der Waals surface area contributed by atoms with Crippen LogP contribution < -0.4 is 25.3 Å². The molecule has 2 aromatic rings. The van der Waals surface area contributed by atoms with Crippen molar-refractivity contribution in [2.45, 2.75) is 56.8 Å². The van der Waals surface area contributed by atoms with Gasteiger partial charge in [0.25, 0.3) is 0 Å². The Kier molecular flexibility index (Phi) is 3.13. The van der Waals surface area contributed by atoms with Crippen molar-refractivity contribution >= 4 is 36.2 Å². The first-order valence-corrected chi connectivity index (χ1v) is 12.8. The molecule has 0 radical (unpaired) electrons. The lowest BCUT2D eigenvalue weighted by molar-refractivity contribution is 0.104. The van der Waals surface area contributed by atoms with Crippen molar-refractivity contribution in [3.8, 4) is 11.5 Å². The van der Waals surface area contributed by atoms with Gasteiger partial charge in [0.2, 0.25) is 0 Å². The zero-order valence-electron chi connectivity index (χ0n) is 17.4. The third-order valence-corrected chi connectivity index (χ3v) is 10.7. The van der Waals surface area contributed by atoms with Crippen LogP contribution in [0.5, 0.6) is 11.5 Å². The van der Waals surface area contributed by atoms with Gasteiger partial charge in [-0.25, -0.2) is 5.01 Å². The van der Waals surface area contributed by atoms with Crippen LogP contribution in [0.4, 0.5) is 11.4 Å². The molecule has 3 unspecified atom stereocenters. The summed E-state index contributed by atoms with van der Waals surface area (Å²) >= 11 is 0. The van der Waals surface area contributed by atoms with Crippen molar-refractivity contribution in [1.29, 1.82) is 0 Å². The van der Waals surface area contributed by atoms with Crippen LogP contribution in [0.15, 0.2) is 53.9 Å². The predicted molar refractivity (Wildman–Crippen MR) is 125 cm³/mol. The summed E-state index contributed by atoms with van der Waals surface area (Å²) in [5.74, 6) is 2.37. The maximum atomic E-state index is 6.51. The molecule has 1 aliphatic carbocycles. The summed E-state index contributed by atoms with van der Waals surface area (Å²) in [4.78, 5) is 7.74. The van der Waals surface area contributed by atoms with Gasteiger partial charge in [0, 0.05) is 20.3 Å². The van der Waals surface area contributed by atoms with E-state index in [-0.39, 0.29) is 6.17 Å². The molecule has 1 fully saturated rings. The zero-order chi connectivity index (χ0) is 20.3. The van der Waals surface area contributed by atoms with E-state index in [0.717, 1.165) is 11.5 Å². The molecule has 156 valence electrons. The predicted octanol–water partition coefficient (Wildman–Crippen LogP) is 3.85. The fourth-order valence-electron chi connectivity index (χ4n) is 6.56. The summed E-state index contributed by atoms with van der Waals surface area (Å²) in [6, 6.07) is 14.1. The van der Waals surface area contributed by atoms with Crippen molar-refractivity contribution in [2.24, 2.45) is 5.10 Å². The van der Waals surface area contributed by atoms with Gasteiger partial charge in [0.1, 0.15) is 29.9 Å². The number of fused-ring (bicyclic) bond motifs is 7.